The molecule has 0 bridgehead atoms. The van der Waals surface area contributed by atoms with Crippen molar-refractivity contribution in [3.05, 3.63) is 48.4 Å². The maximum Gasteiger partial charge on any atom is 0.573 e. The lowest BCUT2D eigenvalue weighted by molar-refractivity contribution is -0.274. The Kier molecular flexibility index (Phi) is 5.76. The van der Waals surface area contributed by atoms with Crippen LogP contribution in [0.15, 0.2) is 47.1 Å². The number of alkyl halides is 3. The van der Waals surface area contributed by atoms with Gasteiger partial charge in [-0.2, -0.15) is 0 Å². The number of rotatable bonds is 7. The summed E-state index contributed by atoms with van der Waals surface area (Å²) in [6.07, 6.45) is -3.38. The average Bonchev–Trinajstić information content (AvgIpc) is 3.24. The number of urea groups is 1. The molecule has 0 unspecified atom stereocenters. The van der Waals surface area contributed by atoms with Gasteiger partial charge in [0.25, 0.3) is 5.91 Å². The number of hydrogen-bond donors (Lipinski definition) is 2. The van der Waals surface area contributed by atoms with Crippen LogP contribution in [0.25, 0.3) is 0 Å². The van der Waals surface area contributed by atoms with Crippen molar-refractivity contribution in [3.8, 4) is 5.75 Å². The molecule has 1 aliphatic rings. The summed E-state index contributed by atoms with van der Waals surface area (Å²) in [6, 6.07) is 6.50. The number of carbonyl (C=O) groups is 3. The molecule has 4 amide bonds. The normalized spacial score (nSPS) is 16.7. The molecule has 8 nitrogen and oxygen atoms in total. The number of hydrogen-bond acceptors (Lipinski definition) is 5. The third-order valence-electron chi connectivity index (χ3n) is 4.03. The second kappa shape index (κ2) is 8.25. The summed E-state index contributed by atoms with van der Waals surface area (Å²) in [5, 5.41) is 5.01. The lowest BCUT2D eigenvalue weighted by atomic mass is 10.1. The number of amides is 4. The Morgan fingerprint density at radius 2 is 1.93 bits per heavy atom. The fraction of sp³-hybridized carbons (Fsp3) is 0.278. The number of imide groups is 1. The molecule has 3 rings (SSSR count). The number of anilines is 1. The number of ether oxygens (including phenoxy) is 1. The number of furan rings is 1. The van der Waals surface area contributed by atoms with Gasteiger partial charge in [0.1, 0.15) is 17.6 Å². The van der Waals surface area contributed by atoms with E-state index in [1.807, 2.05) is 0 Å². The van der Waals surface area contributed by atoms with E-state index in [2.05, 4.69) is 15.4 Å². The molecule has 1 saturated heterocycles. The predicted octanol–water partition coefficient (Wildman–Crippen LogP) is 3.02. The zero-order chi connectivity index (χ0) is 21.0. The van der Waals surface area contributed by atoms with E-state index in [4.69, 9.17) is 4.42 Å². The van der Waals surface area contributed by atoms with E-state index >= 15 is 0 Å². The zero-order valence-corrected chi connectivity index (χ0v) is 14.9. The molecule has 0 spiro atoms. The monoisotopic (exact) mass is 411 g/mol. The summed E-state index contributed by atoms with van der Waals surface area (Å²) in [6.45, 7) is -0.00723. The lowest BCUT2D eigenvalue weighted by Crippen LogP contribution is -2.31. The molecular weight excluding hydrogens is 395 g/mol. The molecule has 1 aliphatic heterocycles. The molecule has 1 fully saturated rings. The van der Waals surface area contributed by atoms with Crippen LogP contribution >= 0.6 is 0 Å². The minimum absolute atomic E-state index is 0.00723. The standard InChI is InChI=1S/C18H16F3N3O5/c19-18(20,21)29-12-5-3-11(4-6-12)22-15(25)8-7-14-16(26)24(17(27)23-14)10-13-2-1-9-28-13/h1-6,9,14H,7-8,10H2,(H,22,25)(H,23,27)/t14-/m1/s1. The van der Waals surface area contributed by atoms with Crippen molar-refractivity contribution in [2.24, 2.45) is 0 Å². The summed E-state index contributed by atoms with van der Waals surface area (Å²) >= 11 is 0. The molecule has 0 saturated carbocycles. The van der Waals surface area contributed by atoms with E-state index in [1.54, 1.807) is 12.1 Å². The third-order valence-corrected chi connectivity index (χ3v) is 4.03. The topological polar surface area (TPSA) is 101 Å². The Morgan fingerprint density at radius 3 is 2.55 bits per heavy atom. The van der Waals surface area contributed by atoms with E-state index in [1.165, 1.54) is 18.4 Å². The van der Waals surface area contributed by atoms with E-state index in [-0.39, 0.29) is 25.1 Å². The second-order valence-corrected chi connectivity index (χ2v) is 6.16. The van der Waals surface area contributed by atoms with Crippen molar-refractivity contribution >= 4 is 23.5 Å². The molecule has 0 radical (unpaired) electrons. The number of halogens is 3. The van der Waals surface area contributed by atoms with E-state index in [0.29, 0.717) is 5.76 Å². The number of nitrogens with zero attached hydrogens (tertiary/aromatic N) is 1. The fourth-order valence-corrected chi connectivity index (χ4v) is 2.72. The van der Waals surface area contributed by atoms with Crippen LogP contribution in [0, 0.1) is 0 Å². The fourth-order valence-electron chi connectivity index (χ4n) is 2.72. The van der Waals surface area contributed by atoms with Gasteiger partial charge in [-0.05, 0) is 42.8 Å². The Labute approximate surface area is 162 Å². The van der Waals surface area contributed by atoms with Gasteiger partial charge in [-0.15, -0.1) is 13.2 Å². The SMILES string of the molecule is O=C(CC[C@H]1NC(=O)N(Cc2ccco2)C1=O)Nc1ccc(OC(F)(F)F)cc1. The molecular formula is C18H16F3N3O5. The summed E-state index contributed by atoms with van der Waals surface area (Å²) < 4.78 is 45.3. The Hall–Kier alpha value is -3.50. The van der Waals surface area contributed by atoms with Crippen LogP contribution in [-0.2, 0) is 16.1 Å². The van der Waals surface area contributed by atoms with Crippen molar-refractivity contribution in [1.82, 2.24) is 10.2 Å². The Balaban J connectivity index is 1.48. The van der Waals surface area contributed by atoms with Crippen LogP contribution < -0.4 is 15.4 Å². The van der Waals surface area contributed by atoms with Gasteiger partial charge < -0.3 is 19.8 Å². The molecule has 11 heteroatoms. The van der Waals surface area contributed by atoms with E-state index < -0.39 is 36.0 Å². The molecule has 154 valence electrons. The van der Waals surface area contributed by atoms with Crippen molar-refractivity contribution < 1.29 is 36.7 Å². The first-order valence-corrected chi connectivity index (χ1v) is 8.51. The first kappa shape index (κ1) is 20.2. The van der Waals surface area contributed by atoms with Gasteiger partial charge in [0.15, 0.2) is 0 Å². The third kappa shape index (κ3) is 5.50. The first-order chi connectivity index (χ1) is 13.7. The Bertz CT molecular complexity index is 881. The predicted molar refractivity (Wildman–Crippen MR) is 92.6 cm³/mol. The van der Waals surface area contributed by atoms with Gasteiger partial charge >= 0.3 is 12.4 Å². The first-order valence-electron chi connectivity index (χ1n) is 8.51. The van der Waals surface area contributed by atoms with E-state index in [9.17, 15) is 27.6 Å². The maximum atomic E-state index is 12.3. The van der Waals surface area contributed by atoms with Crippen LogP contribution in [0.2, 0.25) is 0 Å². The summed E-state index contributed by atoms with van der Waals surface area (Å²) in [5.41, 5.74) is 0.269. The molecule has 1 aromatic heterocycles. The molecule has 29 heavy (non-hydrogen) atoms. The van der Waals surface area contributed by atoms with Crippen LogP contribution in [0.4, 0.5) is 23.7 Å². The average molecular weight is 411 g/mol. The summed E-state index contributed by atoms with van der Waals surface area (Å²) in [4.78, 5) is 37.3. The number of benzene rings is 1. The van der Waals surface area contributed by atoms with Gasteiger partial charge in [0.05, 0.1) is 12.8 Å². The summed E-state index contributed by atoms with van der Waals surface area (Å²) in [5.74, 6) is -0.884. The van der Waals surface area contributed by atoms with Crippen molar-refractivity contribution in [3.63, 3.8) is 0 Å². The van der Waals surface area contributed by atoms with Gasteiger partial charge in [0, 0.05) is 12.1 Å². The summed E-state index contributed by atoms with van der Waals surface area (Å²) in [7, 11) is 0. The van der Waals surface area contributed by atoms with Gasteiger partial charge in [-0.25, -0.2) is 4.79 Å². The van der Waals surface area contributed by atoms with Crippen LogP contribution in [-0.4, -0.2) is 35.1 Å². The maximum absolute atomic E-state index is 12.3. The highest BCUT2D eigenvalue weighted by molar-refractivity contribution is 6.04. The van der Waals surface area contributed by atoms with Crippen LogP contribution in [0.3, 0.4) is 0 Å². The minimum atomic E-state index is -4.80. The zero-order valence-electron chi connectivity index (χ0n) is 14.9. The molecule has 2 aromatic rings. The lowest BCUT2D eigenvalue weighted by Gasteiger charge is -2.12. The smallest absolute Gasteiger partial charge is 0.467 e. The Morgan fingerprint density at radius 1 is 1.21 bits per heavy atom. The second-order valence-electron chi connectivity index (χ2n) is 6.16. The van der Waals surface area contributed by atoms with Gasteiger partial charge in [0.2, 0.25) is 5.91 Å². The number of carbonyl (C=O) groups excluding carboxylic acids is 3. The van der Waals surface area contributed by atoms with E-state index in [0.717, 1.165) is 17.0 Å². The van der Waals surface area contributed by atoms with Crippen LogP contribution in [0.5, 0.6) is 5.75 Å². The van der Waals surface area contributed by atoms with Crippen LogP contribution in [0.1, 0.15) is 18.6 Å². The molecule has 0 aliphatic carbocycles. The molecule has 2 N–H and O–H groups in total. The van der Waals surface area contributed by atoms with Crippen molar-refractivity contribution in [2.75, 3.05) is 5.32 Å². The highest BCUT2D eigenvalue weighted by Gasteiger charge is 2.38. The highest BCUT2D eigenvalue weighted by atomic mass is 19.4. The highest BCUT2D eigenvalue weighted by Crippen LogP contribution is 2.24. The minimum Gasteiger partial charge on any atom is -0.467 e. The quantitative estimate of drug-likeness (QED) is 0.682. The van der Waals surface area contributed by atoms with Gasteiger partial charge in [-0.1, -0.05) is 0 Å². The van der Waals surface area contributed by atoms with Gasteiger partial charge in [-0.3, -0.25) is 14.5 Å². The van der Waals surface area contributed by atoms with Crippen molar-refractivity contribution in [1.29, 1.82) is 0 Å². The van der Waals surface area contributed by atoms with Crippen molar-refractivity contribution in [2.45, 2.75) is 31.8 Å². The molecule has 1 aromatic carbocycles. The largest absolute Gasteiger partial charge is 0.573 e. The molecule has 1 atom stereocenters. The molecule has 2 heterocycles. The number of nitrogens with one attached hydrogen (secondary N) is 2.